The molecule has 0 bridgehead atoms. The Labute approximate surface area is 139 Å². The maximum Gasteiger partial charge on any atom is 0.234 e. The predicted molar refractivity (Wildman–Crippen MR) is 94.3 cm³/mol. The lowest BCUT2D eigenvalue weighted by atomic mass is 9.86. The van der Waals surface area contributed by atoms with Crippen molar-refractivity contribution in [3.63, 3.8) is 0 Å². The molecule has 114 valence electrons. The van der Waals surface area contributed by atoms with E-state index >= 15 is 0 Å². The van der Waals surface area contributed by atoms with Gasteiger partial charge in [0.25, 0.3) is 0 Å². The molecule has 4 heteroatoms. The molecule has 0 aliphatic heterocycles. The Morgan fingerprint density at radius 1 is 1.00 bits per heavy atom. The minimum Gasteiger partial charge on any atom is -0.287 e. The highest BCUT2D eigenvalue weighted by Crippen LogP contribution is 2.27. The summed E-state index contributed by atoms with van der Waals surface area (Å²) < 4.78 is 3.07. The Morgan fingerprint density at radius 3 is 2.23 bits per heavy atom. The number of hydrogen-bond acceptors (Lipinski definition) is 2. The second-order valence-corrected chi connectivity index (χ2v) is 7.51. The summed E-state index contributed by atoms with van der Waals surface area (Å²) in [6, 6.07) is 8.64. The van der Waals surface area contributed by atoms with Crippen molar-refractivity contribution in [1.82, 2.24) is 14.4 Å². The number of nitrogens with zero attached hydrogens (tertiary/aromatic N) is 3. The molecule has 0 aliphatic rings. The Kier molecular flexibility index (Phi) is 3.60. The monoisotopic (exact) mass is 357 g/mol. The van der Waals surface area contributed by atoms with Crippen molar-refractivity contribution in [3.8, 4) is 11.3 Å². The van der Waals surface area contributed by atoms with Gasteiger partial charge in [-0.05, 0) is 40.8 Å². The molecule has 0 spiro atoms. The van der Waals surface area contributed by atoms with Crippen molar-refractivity contribution in [3.05, 3.63) is 51.9 Å². The average molecular weight is 358 g/mol. The van der Waals surface area contributed by atoms with Crippen molar-refractivity contribution in [2.45, 2.75) is 40.0 Å². The fourth-order valence-electron chi connectivity index (χ4n) is 2.54. The predicted octanol–water partition coefficient (Wildman–Crippen LogP) is 5.07. The number of hydrogen-bond donors (Lipinski definition) is 0. The smallest absolute Gasteiger partial charge is 0.234 e. The van der Waals surface area contributed by atoms with Gasteiger partial charge in [-0.1, -0.05) is 45.0 Å². The Morgan fingerprint density at radius 2 is 1.64 bits per heavy atom. The lowest BCUT2D eigenvalue weighted by molar-refractivity contribution is 0.590. The zero-order chi connectivity index (χ0) is 16.1. The van der Waals surface area contributed by atoms with Crippen LogP contribution >= 0.6 is 15.9 Å². The van der Waals surface area contributed by atoms with E-state index in [0.29, 0.717) is 0 Å². The number of benzene rings is 1. The summed E-state index contributed by atoms with van der Waals surface area (Å²) in [5.74, 6) is 0.744. The van der Waals surface area contributed by atoms with E-state index in [1.165, 1.54) is 5.56 Å². The van der Waals surface area contributed by atoms with E-state index in [2.05, 4.69) is 77.9 Å². The first-order chi connectivity index (χ1) is 10.3. The number of fused-ring (bicyclic) bond motifs is 1. The summed E-state index contributed by atoms with van der Waals surface area (Å²) in [4.78, 5) is 9.21. The molecular formula is C18H20BrN3. The maximum atomic E-state index is 4.67. The van der Waals surface area contributed by atoms with Crippen molar-refractivity contribution in [2.24, 2.45) is 0 Å². The maximum absolute atomic E-state index is 4.67. The molecule has 0 fully saturated rings. The van der Waals surface area contributed by atoms with Gasteiger partial charge in [0.05, 0.1) is 15.9 Å². The second kappa shape index (κ2) is 5.20. The van der Waals surface area contributed by atoms with Gasteiger partial charge >= 0.3 is 0 Å². The molecule has 1 aromatic carbocycles. The topological polar surface area (TPSA) is 30.2 Å². The van der Waals surface area contributed by atoms with Crippen LogP contribution in [0.1, 0.15) is 37.7 Å². The summed E-state index contributed by atoms with van der Waals surface area (Å²) in [5, 5.41) is 0. The van der Waals surface area contributed by atoms with E-state index in [-0.39, 0.29) is 5.41 Å². The molecule has 0 amide bonds. The van der Waals surface area contributed by atoms with Crippen LogP contribution < -0.4 is 0 Å². The number of aromatic nitrogens is 3. The average Bonchev–Trinajstić information content (AvgIpc) is 2.88. The summed E-state index contributed by atoms with van der Waals surface area (Å²) in [6.07, 6.45) is 2.05. The zero-order valence-electron chi connectivity index (χ0n) is 13.6. The standard InChI is InChI=1S/C18H20BrN3/c1-11-16(19)12(2)22-10-15(21-17(22)20-11)13-6-8-14(9-7-13)18(3,4)5/h6-10H,1-5H3. The molecule has 3 rings (SSSR count). The van der Waals surface area contributed by atoms with E-state index in [9.17, 15) is 0 Å². The Bertz CT molecular complexity index is 839. The molecule has 0 N–H and O–H groups in total. The Balaban J connectivity index is 2.09. The normalized spacial score (nSPS) is 12.1. The molecule has 0 saturated heterocycles. The fraction of sp³-hybridized carbons (Fsp3) is 0.333. The van der Waals surface area contributed by atoms with Gasteiger partial charge in [0.15, 0.2) is 0 Å². The van der Waals surface area contributed by atoms with Crippen LogP contribution in [0.2, 0.25) is 0 Å². The van der Waals surface area contributed by atoms with Crippen LogP contribution in [0, 0.1) is 13.8 Å². The molecule has 3 aromatic rings. The molecule has 2 heterocycles. The van der Waals surface area contributed by atoms with E-state index < -0.39 is 0 Å². The summed E-state index contributed by atoms with van der Waals surface area (Å²) in [6.45, 7) is 10.7. The highest BCUT2D eigenvalue weighted by molar-refractivity contribution is 9.10. The zero-order valence-corrected chi connectivity index (χ0v) is 15.2. The molecule has 0 saturated carbocycles. The minimum atomic E-state index is 0.164. The van der Waals surface area contributed by atoms with Crippen molar-refractivity contribution in [2.75, 3.05) is 0 Å². The van der Waals surface area contributed by atoms with Gasteiger partial charge in [-0.25, -0.2) is 9.97 Å². The van der Waals surface area contributed by atoms with Crippen LogP contribution in [-0.4, -0.2) is 14.4 Å². The third kappa shape index (κ3) is 2.56. The molecule has 22 heavy (non-hydrogen) atoms. The minimum absolute atomic E-state index is 0.164. The van der Waals surface area contributed by atoms with E-state index in [0.717, 1.165) is 32.9 Å². The van der Waals surface area contributed by atoms with Gasteiger partial charge in [0.1, 0.15) is 0 Å². The van der Waals surface area contributed by atoms with Crippen molar-refractivity contribution < 1.29 is 0 Å². The van der Waals surface area contributed by atoms with Gasteiger partial charge < -0.3 is 0 Å². The fourth-order valence-corrected chi connectivity index (χ4v) is 2.82. The molecule has 0 unspecified atom stereocenters. The molecule has 2 aromatic heterocycles. The van der Waals surface area contributed by atoms with Crippen molar-refractivity contribution >= 4 is 21.7 Å². The Hall–Kier alpha value is -1.68. The van der Waals surface area contributed by atoms with Crippen LogP contribution in [0.4, 0.5) is 0 Å². The molecular weight excluding hydrogens is 338 g/mol. The SMILES string of the molecule is Cc1nc2nc(-c3ccc(C(C)(C)C)cc3)cn2c(C)c1Br. The van der Waals surface area contributed by atoms with Gasteiger partial charge in [0.2, 0.25) is 5.78 Å². The number of imidazole rings is 1. The third-order valence-electron chi connectivity index (χ3n) is 4.00. The van der Waals surface area contributed by atoms with E-state index in [4.69, 9.17) is 0 Å². The van der Waals surface area contributed by atoms with Crippen molar-refractivity contribution in [1.29, 1.82) is 0 Å². The number of aryl methyl sites for hydroxylation is 2. The quantitative estimate of drug-likeness (QED) is 0.608. The highest BCUT2D eigenvalue weighted by Gasteiger charge is 2.15. The van der Waals surface area contributed by atoms with Gasteiger partial charge in [-0.15, -0.1) is 0 Å². The summed E-state index contributed by atoms with van der Waals surface area (Å²) >= 11 is 3.59. The van der Waals surface area contributed by atoms with Crippen LogP contribution in [-0.2, 0) is 5.41 Å². The van der Waals surface area contributed by atoms with Gasteiger partial charge in [-0.3, -0.25) is 4.40 Å². The first-order valence-corrected chi connectivity index (χ1v) is 8.19. The molecule has 3 nitrogen and oxygen atoms in total. The lowest BCUT2D eigenvalue weighted by Crippen LogP contribution is -2.10. The largest absolute Gasteiger partial charge is 0.287 e. The van der Waals surface area contributed by atoms with Gasteiger partial charge in [-0.2, -0.15) is 0 Å². The van der Waals surface area contributed by atoms with E-state index in [1.807, 2.05) is 17.5 Å². The number of rotatable bonds is 1. The van der Waals surface area contributed by atoms with Crippen LogP contribution in [0.25, 0.3) is 17.0 Å². The summed E-state index contributed by atoms with van der Waals surface area (Å²) in [7, 11) is 0. The van der Waals surface area contributed by atoms with Crippen LogP contribution in [0.15, 0.2) is 34.9 Å². The first-order valence-electron chi connectivity index (χ1n) is 7.40. The molecule has 0 aliphatic carbocycles. The highest BCUT2D eigenvalue weighted by atomic mass is 79.9. The van der Waals surface area contributed by atoms with Gasteiger partial charge in [0, 0.05) is 17.5 Å². The first kappa shape index (κ1) is 15.2. The second-order valence-electron chi connectivity index (χ2n) is 6.72. The molecule has 0 atom stereocenters. The lowest BCUT2D eigenvalue weighted by Gasteiger charge is -2.18. The van der Waals surface area contributed by atoms with E-state index in [1.54, 1.807) is 0 Å². The summed E-state index contributed by atoms with van der Waals surface area (Å²) in [5.41, 5.74) is 5.64. The van der Waals surface area contributed by atoms with Crippen LogP contribution in [0.3, 0.4) is 0 Å². The number of halogens is 1. The van der Waals surface area contributed by atoms with Crippen LogP contribution in [0.5, 0.6) is 0 Å². The molecule has 0 radical (unpaired) electrons. The third-order valence-corrected chi connectivity index (χ3v) is 5.15.